The molecule has 7 heteroatoms. The molecule has 0 fully saturated rings. The van der Waals surface area contributed by atoms with E-state index >= 15 is 0 Å². The molecule has 21 heavy (non-hydrogen) atoms. The Hall–Kier alpha value is -1.63. The molecule has 0 amide bonds. The molecule has 0 N–H and O–H groups in total. The first kappa shape index (κ1) is 17.4. The molecule has 0 aliphatic heterocycles. The van der Waals surface area contributed by atoms with Crippen LogP contribution in [0.5, 0.6) is 5.75 Å². The van der Waals surface area contributed by atoms with Gasteiger partial charge in [0.2, 0.25) is 0 Å². The highest BCUT2D eigenvalue weighted by molar-refractivity contribution is 9.10. The Bertz CT molecular complexity index is 525. The molecule has 1 aromatic carbocycles. The van der Waals surface area contributed by atoms with Crippen LogP contribution >= 0.6 is 15.9 Å². The second kappa shape index (κ2) is 7.40. The van der Waals surface area contributed by atoms with Crippen molar-refractivity contribution in [2.45, 2.75) is 39.2 Å². The van der Waals surface area contributed by atoms with Gasteiger partial charge in [-0.1, -0.05) is 0 Å². The lowest BCUT2D eigenvalue weighted by atomic mass is 10.2. The first-order chi connectivity index (χ1) is 9.69. The van der Waals surface area contributed by atoms with Crippen molar-refractivity contribution in [3.8, 4) is 5.75 Å². The molecule has 0 aliphatic rings. The summed E-state index contributed by atoms with van der Waals surface area (Å²) in [7, 11) is 0. The lowest BCUT2D eigenvalue weighted by molar-refractivity contribution is -0.385. The summed E-state index contributed by atoms with van der Waals surface area (Å²) in [5.41, 5.74) is -0.540. The maximum atomic E-state index is 11.5. The van der Waals surface area contributed by atoms with Gasteiger partial charge in [-0.15, -0.1) is 0 Å². The van der Waals surface area contributed by atoms with Crippen molar-refractivity contribution in [1.29, 1.82) is 0 Å². The lowest BCUT2D eigenvalue weighted by Gasteiger charge is -2.19. The van der Waals surface area contributed by atoms with E-state index in [2.05, 4.69) is 15.9 Å². The number of non-ortho nitro benzene ring substituents is 1. The number of benzene rings is 1. The van der Waals surface area contributed by atoms with Crippen molar-refractivity contribution in [1.82, 2.24) is 0 Å². The minimum atomic E-state index is -0.499. The number of esters is 1. The second-order valence-electron chi connectivity index (χ2n) is 5.41. The Labute approximate surface area is 131 Å². The number of ether oxygens (including phenoxy) is 2. The van der Waals surface area contributed by atoms with E-state index in [-0.39, 0.29) is 24.7 Å². The normalized spacial score (nSPS) is 11.0. The Morgan fingerprint density at radius 3 is 2.62 bits per heavy atom. The van der Waals surface area contributed by atoms with Crippen LogP contribution in [0.4, 0.5) is 5.69 Å². The zero-order valence-corrected chi connectivity index (χ0v) is 13.8. The van der Waals surface area contributed by atoms with Crippen LogP contribution in [0.15, 0.2) is 22.7 Å². The third kappa shape index (κ3) is 6.57. The van der Waals surface area contributed by atoms with E-state index in [4.69, 9.17) is 9.47 Å². The van der Waals surface area contributed by atoms with Crippen LogP contribution in [0.2, 0.25) is 0 Å². The third-order valence-electron chi connectivity index (χ3n) is 2.33. The standard InChI is InChI=1S/C14H18BrNO5/c1-14(2,3)21-13(17)5-4-8-20-12-9-10(16(18)19)6-7-11(12)15/h6-7,9H,4-5,8H2,1-3H3. The summed E-state index contributed by atoms with van der Waals surface area (Å²) in [4.78, 5) is 21.7. The number of nitro groups is 1. The quantitative estimate of drug-likeness (QED) is 0.333. The van der Waals surface area contributed by atoms with Crippen molar-refractivity contribution in [3.05, 3.63) is 32.8 Å². The molecule has 0 heterocycles. The molecule has 116 valence electrons. The highest BCUT2D eigenvalue weighted by Gasteiger charge is 2.16. The fourth-order valence-electron chi connectivity index (χ4n) is 1.51. The molecule has 0 bridgehead atoms. The van der Waals surface area contributed by atoms with Gasteiger partial charge in [0.1, 0.15) is 11.4 Å². The van der Waals surface area contributed by atoms with Crippen LogP contribution in [0, 0.1) is 10.1 Å². The summed E-state index contributed by atoms with van der Waals surface area (Å²) >= 11 is 3.26. The second-order valence-corrected chi connectivity index (χ2v) is 6.26. The van der Waals surface area contributed by atoms with Crippen LogP contribution < -0.4 is 4.74 Å². The van der Waals surface area contributed by atoms with Crippen molar-refractivity contribution < 1.29 is 19.2 Å². The van der Waals surface area contributed by atoms with E-state index in [9.17, 15) is 14.9 Å². The molecular weight excluding hydrogens is 342 g/mol. The fourth-order valence-corrected chi connectivity index (χ4v) is 1.87. The van der Waals surface area contributed by atoms with Crippen LogP contribution in [0.25, 0.3) is 0 Å². The first-order valence-electron chi connectivity index (χ1n) is 6.47. The molecule has 0 spiro atoms. The smallest absolute Gasteiger partial charge is 0.306 e. The van der Waals surface area contributed by atoms with Crippen molar-refractivity contribution in [3.63, 3.8) is 0 Å². The average Bonchev–Trinajstić information content (AvgIpc) is 2.34. The van der Waals surface area contributed by atoms with E-state index in [1.165, 1.54) is 12.1 Å². The average molecular weight is 360 g/mol. The summed E-state index contributed by atoms with van der Waals surface area (Å²) < 4.78 is 11.3. The molecule has 1 rings (SSSR count). The van der Waals surface area contributed by atoms with Crippen LogP contribution in [0.3, 0.4) is 0 Å². The predicted molar refractivity (Wildman–Crippen MR) is 81.4 cm³/mol. The SMILES string of the molecule is CC(C)(C)OC(=O)CCCOc1cc([N+](=O)[O-])ccc1Br. The zero-order chi connectivity index (χ0) is 16.0. The van der Waals surface area contributed by atoms with Gasteiger partial charge in [-0.2, -0.15) is 0 Å². The van der Waals surface area contributed by atoms with Crippen LogP contribution in [-0.2, 0) is 9.53 Å². The summed E-state index contributed by atoms with van der Waals surface area (Å²) in [6.45, 7) is 5.70. The summed E-state index contributed by atoms with van der Waals surface area (Å²) in [6, 6.07) is 4.29. The van der Waals surface area contributed by atoms with E-state index in [1.807, 2.05) is 20.8 Å². The number of carbonyl (C=O) groups is 1. The van der Waals surface area contributed by atoms with Gasteiger partial charge < -0.3 is 9.47 Å². The molecule has 0 aromatic heterocycles. The van der Waals surface area contributed by atoms with E-state index < -0.39 is 10.5 Å². The summed E-state index contributed by atoms with van der Waals surface area (Å²) in [6.07, 6.45) is 0.716. The minimum Gasteiger partial charge on any atom is -0.492 e. The zero-order valence-electron chi connectivity index (χ0n) is 12.2. The highest BCUT2D eigenvalue weighted by atomic mass is 79.9. The van der Waals surface area contributed by atoms with Gasteiger partial charge in [0, 0.05) is 12.5 Å². The Morgan fingerprint density at radius 1 is 1.38 bits per heavy atom. The number of rotatable bonds is 6. The Balaban J connectivity index is 2.44. The van der Waals surface area contributed by atoms with E-state index in [0.717, 1.165) is 0 Å². The maximum absolute atomic E-state index is 11.5. The monoisotopic (exact) mass is 359 g/mol. The maximum Gasteiger partial charge on any atom is 0.306 e. The van der Waals surface area contributed by atoms with Crippen molar-refractivity contribution >= 4 is 27.6 Å². The topological polar surface area (TPSA) is 78.7 Å². The number of hydrogen-bond acceptors (Lipinski definition) is 5. The Kier molecular flexibility index (Phi) is 6.14. The van der Waals surface area contributed by atoms with Crippen LogP contribution in [0.1, 0.15) is 33.6 Å². The molecule has 6 nitrogen and oxygen atoms in total. The fraction of sp³-hybridized carbons (Fsp3) is 0.500. The largest absolute Gasteiger partial charge is 0.492 e. The van der Waals surface area contributed by atoms with Crippen molar-refractivity contribution in [2.75, 3.05) is 6.61 Å². The van der Waals surface area contributed by atoms with Gasteiger partial charge in [0.15, 0.2) is 0 Å². The van der Waals surface area contributed by atoms with E-state index in [0.29, 0.717) is 16.6 Å². The molecule has 0 saturated carbocycles. The molecule has 0 saturated heterocycles. The van der Waals surface area contributed by atoms with Crippen molar-refractivity contribution in [2.24, 2.45) is 0 Å². The van der Waals surface area contributed by atoms with Gasteiger partial charge in [0.05, 0.1) is 22.1 Å². The number of carbonyl (C=O) groups excluding carboxylic acids is 1. The summed E-state index contributed by atoms with van der Waals surface area (Å²) in [5.74, 6) is 0.0950. The molecule has 1 aromatic rings. The molecule has 0 aliphatic carbocycles. The molecule has 0 unspecified atom stereocenters. The minimum absolute atomic E-state index is 0.0413. The van der Waals surface area contributed by atoms with Gasteiger partial charge in [0.25, 0.3) is 5.69 Å². The molecule has 0 radical (unpaired) electrons. The molecular formula is C14H18BrNO5. The highest BCUT2D eigenvalue weighted by Crippen LogP contribution is 2.29. The van der Waals surface area contributed by atoms with Gasteiger partial charge in [-0.05, 0) is 49.2 Å². The molecule has 0 atom stereocenters. The number of nitrogens with zero attached hydrogens (tertiary/aromatic N) is 1. The third-order valence-corrected chi connectivity index (χ3v) is 2.98. The van der Waals surface area contributed by atoms with Gasteiger partial charge >= 0.3 is 5.97 Å². The van der Waals surface area contributed by atoms with Crippen LogP contribution in [-0.4, -0.2) is 23.1 Å². The number of hydrogen-bond donors (Lipinski definition) is 0. The number of nitro benzene ring substituents is 1. The number of halogens is 1. The predicted octanol–water partition coefficient (Wildman–Crippen LogP) is 3.86. The lowest BCUT2D eigenvalue weighted by Crippen LogP contribution is -2.23. The van der Waals surface area contributed by atoms with E-state index in [1.54, 1.807) is 6.07 Å². The first-order valence-corrected chi connectivity index (χ1v) is 7.27. The van der Waals surface area contributed by atoms with Gasteiger partial charge in [-0.25, -0.2) is 0 Å². The van der Waals surface area contributed by atoms with Gasteiger partial charge in [-0.3, -0.25) is 14.9 Å². The summed E-state index contributed by atoms with van der Waals surface area (Å²) in [5, 5.41) is 10.7. The Morgan fingerprint density at radius 2 is 2.05 bits per heavy atom.